The molecule has 0 heterocycles. The van der Waals surface area contributed by atoms with E-state index in [4.69, 9.17) is 28.4 Å². The number of ether oxygens (including phenoxy) is 6. The highest BCUT2D eigenvalue weighted by molar-refractivity contribution is 5.85. The molecule has 2 aromatic rings. The number of rotatable bonds is 13. The number of hydrogen-bond acceptors (Lipinski definition) is 8. The van der Waals surface area contributed by atoms with E-state index in [2.05, 4.69) is 54.7 Å². The van der Waals surface area contributed by atoms with Crippen LogP contribution >= 0.6 is 0 Å². The molecule has 0 saturated heterocycles. The fourth-order valence-electron chi connectivity index (χ4n) is 7.76. The van der Waals surface area contributed by atoms with Gasteiger partial charge in [0.15, 0.2) is 23.0 Å². The van der Waals surface area contributed by atoms with Crippen LogP contribution in [0.5, 0.6) is 23.0 Å². The first-order valence-corrected chi connectivity index (χ1v) is 18.3. The molecular formula is C42H58O8. The van der Waals surface area contributed by atoms with Crippen LogP contribution in [0, 0.1) is 35.5 Å². The molecule has 8 nitrogen and oxygen atoms in total. The summed E-state index contributed by atoms with van der Waals surface area (Å²) in [5.74, 6) is 3.02. The Labute approximate surface area is 299 Å². The van der Waals surface area contributed by atoms with Crippen molar-refractivity contribution in [1.82, 2.24) is 0 Å². The average Bonchev–Trinajstić information content (AvgIpc) is 3.05. The Morgan fingerprint density at radius 3 is 1.38 bits per heavy atom. The van der Waals surface area contributed by atoms with E-state index in [9.17, 15) is 9.59 Å². The number of allylic oxidation sites excluding steroid dienone is 2. The lowest BCUT2D eigenvalue weighted by atomic mass is 9.75. The second-order valence-electron chi connectivity index (χ2n) is 15.0. The minimum Gasteiger partial charge on any atom is -0.493 e. The molecule has 2 saturated carbocycles. The van der Waals surface area contributed by atoms with Crippen molar-refractivity contribution in [3.63, 3.8) is 0 Å². The average molecular weight is 691 g/mol. The van der Waals surface area contributed by atoms with Crippen molar-refractivity contribution >= 4 is 12.3 Å². The van der Waals surface area contributed by atoms with Crippen molar-refractivity contribution < 1.29 is 38.0 Å². The molecule has 2 aromatic carbocycles. The monoisotopic (exact) mass is 690 g/mol. The maximum absolute atomic E-state index is 13.6. The zero-order valence-electron chi connectivity index (χ0n) is 31.4. The lowest BCUT2D eigenvalue weighted by molar-refractivity contribution is -0.0148. The van der Waals surface area contributed by atoms with Crippen molar-refractivity contribution in [1.29, 1.82) is 0 Å². The highest BCUT2D eigenvalue weighted by Gasteiger charge is 2.36. The molecule has 0 unspecified atom stereocenters. The van der Waals surface area contributed by atoms with E-state index in [-0.39, 0.29) is 35.5 Å². The first-order chi connectivity index (χ1) is 23.9. The van der Waals surface area contributed by atoms with Gasteiger partial charge in [-0.05, 0) is 109 Å². The third kappa shape index (κ3) is 9.64. The number of carbonyl (C=O) groups is 2. The lowest BCUT2D eigenvalue weighted by Crippen LogP contribution is -2.36. The Morgan fingerprint density at radius 2 is 1.06 bits per heavy atom. The molecule has 6 atom stereocenters. The van der Waals surface area contributed by atoms with E-state index in [0.717, 1.165) is 49.7 Å². The van der Waals surface area contributed by atoms with Crippen LogP contribution in [0.4, 0.5) is 9.59 Å². The fraction of sp³-hybridized carbons (Fsp3) is 0.571. The Kier molecular flexibility index (Phi) is 13.8. The van der Waals surface area contributed by atoms with Crippen molar-refractivity contribution in [2.45, 2.75) is 105 Å². The second kappa shape index (κ2) is 17.8. The largest absolute Gasteiger partial charge is 0.514 e. The highest BCUT2D eigenvalue weighted by atomic mass is 16.7. The molecule has 2 fully saturated rings. The number of methoxy groups -OCH3 is 2. The topological polar surface area (TPSA) is 89.5 Å². The molecule has 0 spiro atoms. The van der Waals surface area contributed by atoms with Gasteiger partial charge in [-0.2, -0.15) is 0 Å². The van der Waals surface area contributed by atoms with Crippen LogP contribution in [0.15, 0.2) is 49.6 Å². The lowest BCUT2D eigenvalue weighted by Gasteiger charge is -2.36. The van der Waals surface area contributed by atoms with Gasteiger partial charge >= 0.3 is 12.3 Å². The molecule has 0 aromatic heterocycles. The normalized spacial score (nSPS) is 23.6. The van der Waals surface area contributed by atoms with Crippen LogP contribution in [0.1, 0.15) is 91.2 Å². The summed E-state index contributed by atoms with van der Waals surface area (Å²) < 4.78 is 35.9. The Balaban J connectivity index is 1.79. The third-order valence-electron chi connectivity index (χ3n) is 10.5. The zero-order valence-corrected chi connectivity index (χ0v) is 31.4. The number of hydrogen-bond donors (Lipinski definition) is 0. The molecule has 4 rings (SSSR count). The summed E-state index contributed by atoms with van der Waals surface area (Å²) in [6.45, 7) is 20.9. The summed E-state index contributed by atoms with van der Waals surface area (Å²) >= 11 is 0. The van der Waals surface area contributed by atoms with Crippen LogP contribution in [0.2, 0.25) is 0 Å². The van der Waals surface area contributed by atoms with Crippen LogP contribution in [-0.2, 0) is 22.3 Å². The third-order valence-corrected chi connectivity index (χ3v) is 10.5. The molecule has 0 radical (unpaired) electrons. The standard InChI is InChI=1S/C42H58O8/c1-11-13-29-21-33(39(37(23-29)45-9)49-41(43)47-35-19-27(7)15-17-31(35)25(3)4)34-22-30(14-12-2)24-38(46-10)40(34)50-42(44)48-36-20-28(8)16-18-32(36)26(5)6/h11-12,21-28,31-32,35-36H,1-2,13-20H2,3-10H3/t27-,28-,31+,32+,35-,36-/m1/s1. The van der Waals surface area contributed by atoms with Crippen LogP contribution in [0.25, 0.3) is 11.1 Å². The van der Waals surface area contributed by atoms with Gasteiger partial charge in [0.25, 0.3) is 0 Å². The van der Waals surface area contributed by atoms with Crippen molar-refractivity contribution in [3.05, 3.63) is 60.7 Å². The Morgan fingerprint density at radius 1 is 0.680 bits per heavy atom. The van der Waals surface area contributed by atoms with Gasteiger partial charge in [-0.1, -0.05) is 66.5 Å². The predicted octanol–water partition coefficient (Wildman–Crippen LogP) is 10.8. The van der Waals surface area contributed by atoms with Crippen LogP contribution in [0.3, 0.4) is 0 Å². The quantitative estimate of drug-likeness (QED) is 0.117. The summed E-state index contributed by atoms with van der Waals surface area (Å²) in [7, 11) is 3.04. The van der Waals surface area contributed by atoms with E-state index >= 15 is 0 Å². The molecule has 0 N–H and O–H groups in total. The predicted molar refractivity (Wildman–Crippen MR) is 197 cm³/mol. The summed E-state index contributed by atoms with van der Waals surface area (Å²) in [6, 6.07) is 7.38. The molecular weight excluding hydrogens is 632 g/mol. The summed E-state index contributed by atoms with van der Waals surface area (Å²) in [5, 5.41) is 0. The molecule has 50 heavy (non-hydrogen) atoms. The van der Waals surface area contributed by atoms with Gasteiger partial charge in [0.05, 0.1) is 14.2 Å². The first-order valence-electron chi connectivity index (χ1n) is 18.3. The molecule has 274 valence electrons. The maximum atomic E-state index is 13.6. The molecule has 0 amide bonds. The van der Waals surface area contributed by atoms with Crippen LogP contribution < -0.4 is 18.9 Å². The van der Waals surface area contributed by atoms with Gasteiger partial charge in [-0.3, -0.25) is 0 Å². The van der Waals surface area contributed by atoms with Crippen molar-refractivity contribution in [2.75, 3.05) is 14.2 Å². The molecule has 0 aliphatic heterocycles. The minimum absolute atomic E-state index is 0.146. The minimum atomic E-state index is -0.812. The zero-order chi connectivity index (χ0) is 36.5. The summed E-state index contributed by atoms with van der Waals surface area (Å²) in [4.78, 5) is 27.3. The summed E-state index contributed by atoms with van der Waals surface area (Å²) in [5.41, 5.74) is 2.64. The molecule has 8 heteroatoms. The van der Waals surface area contributed by atoms with E-state index in [0.29, 0.717) is 59.1 Å². The van der Waals surface area contributed by atoms with E-state index in [1.165, 1.54) is 14.2 Å². The molecule has 2 aliphatic carbocycles. The summed E-state index contributed by atoms with van der Waals surface area (Å²) in [6.07, 6.45) is 8.19. The molecule has 0 bridgehead atoms. The van der Waals surface area contributed by atoms with E-state index < -0.39 is 12.3 Å². The van der Waals surface area contributed by atoms with Crippen LogP contribution in [-0.4, -0.2) is 38.7 Å². The SMILES string of the molecule is C=CCc1cc(OC)c(OC(=O)O[C@@H]2C[C@H](C)CC[C@H]2C(C)C)c(-c2cc(CC=C)cc(OC)c2OC(=O)O[C@@H]2C[C@H](C)CC[C@H]2C(C)C)c1. The fourth-order valence-corrected chi connectivity index (χ4v) is 7.76. The van der Waals surface area contributed by atoms with Gasteiger partial charge in [0.1, 0.15) is 12.2 Å². The second-order valence-corrected chi connectivity index (χ2v) is 15.0. The number of carbonyl (C=O) groups excluding carboxylic acids is 2. The van der Waals surface area contributed by atoms with E-state index in [1.54, 1.807) is 12.2 Å². The van der Waals surface area contributed by atoms with Gasteiger partial charge in [0, 0.05) is 11.1 Å². The van der Waals surface area contributed by atoms with Gasteiger partial charge in [-0.25, -0.2) is 9.59 Å². The van der Waals surface area contributed by atoms with Gasteiger partial charge < -0.3 is 28.4 Å². The van der Waals surface area contributed by atoms with Gasteiger partial charge in [-0.15, -0.1) is 13.2 Å². The van der Waals surface area contributed by atoms with Gasteiger partial charge in [0.2, 0.25) is 0 Å². The van der Waals surface area contributed by atoms with Crippen molar-refractivity contribution in [3.8, 4) is 34.1 Å². The van der Waals surface area contributed by atoms with E-state index in [1.807, 2.05) is 24.3 Å². The maximum Gasteiger partial charge on any atom is 0.514 e. The molecule has 2 aliphatic rings. The Bertz CT molecular complexity index is 1380. The Hall–Kier alpha value is -3.94. The smallest absolute Gasteiger partial charge is 0.493 e. The highest BCUT2D eigenvalue weighted by Crippen LogP contribution is 2.48. The first kappa shape index (κ1) is 38.9. The number of benzene rings is 2. The van der Waals surface area contributed by atoms with Crippen molar-refractivity contribution in [2.24, 2.45) is 35.5 Å².